The molecule has 1 heterocycles. The summed E-state index contributed by atoms with van der Waals surface area (Å²) >= 11 is 1.68. The van der Waals surface area contributed by atoms with Gasteiger partial charge < -0.3 is 10.2 Å². The summed E-state index contributed by atoms with van der Waals surface area (Å²) in [6, 6.07) is 8.17. The van der Waals surface area contributed by atoms with Crippen LogP contribution >= 0.6 is 11.3 Å². The number of aliphatic hydroxyl groups is 2. The maximum Gasteiger partial charge on any atom is 0.0850 e. The van der Waals surface area contributed by atoms with Crippen LogP contribution in [0.3, 0.4) is 0 Å². The van der Waals surface area contributed by atoms with Gasteiger partial charge in [-0.15, -0.1) is 11.3 Å². The first-order valence-corrected chi connectivity index (χ1v) is 7.09. The smallest absolute Gasteiger partial charge is 0.0850 e. The Balaban J connectivity index is 2.19. The summed E-state index contributed by atoms with van der Waals surface area (Å²) in [6.45, 7) is 5.81. The Kier molecular flexibility index (Phi) is 3.76. The van der Waals surface area contributed by atoms with Gasteiger partial charge in [0.1, 0.15) is 0 Å². The van der Waals surface area contributed by atoms with E-state index >= 15 is 0 Å². The Morgan fingerprint density at radius 1 is 1.17 bits per heavy atom. The summed E-state index contributed by atoms with van der Waals surface area (Å²) in [5.41, 5.74) is 0.817. The predicted molar refractivity (Wildman–Crippen MR) is 77.0 cm³/mol. The van der Waals surface area contributed by atoms with E-state index in [2.05, 4.69) is 17.5 Å². The van der Waals surface area contributed by atoms with Crippen molar-refractivity contribution in [3.63, 3.8) is 0 Å². The third-order valence-electron chi connectivity index (χ3n) is 3.24. The summed E-state index contributed by atoms with van der Waals surface area (Å²) in [5, 5.41) is 23.5. The van der Waals surface area contributed by atoms with Crippen LogP contribution in [-0.4, -0.2) is 22.4 Å². The molecule has 0 amide bonds. The highest BCUT2D eigenvalue weighted by Crippen LogP contribution is 2.29. The molecule has 1 aromatic carbocycles. The Hall–Kier alpha value is -0.900. The predicted octanol–water partition coefficient (Wildman–Crippen LogP) is 3.21. The van der Waals surface area contributed by atoms with Crippen LogP contribution in [0.15, 0.2) is 29.6 Å². The van der Waals surface area contributed by atoms with Crippen molar-refractivity contribution in [3.8, 4) is 0 Å². The molecule has 1 aromatic heterocycles. The zero-order chi connectivity index (χ0) is 13.3. The average molecular weight is 264 g/mol. The molecule has 18 heavy (non-hydrogen) atoms. The van der Waals surface area contributed by atoms with Crippen molar-refractivity contribution in [2.45, 2.75) is 39.4 Å². The number of hydrogen-bond donors (Lipinski definition) is 2. The molecule has 0 saturated carbocycles. The molecule has 0 bridgehead atoms. The molecule has 0 aliphatic rings. The monoisotopic (exact) mass is 264 g/mol. The van der Waals surface area contributed by atoms with Gasteiger partial charge in [0.05, 0.1) is 12.2 Å². The summed E-state index contributed by atoms with van der Waals surface area (Å²) in [4.78, 5) is 0. The minimum atomic E-state index is -0.719. The number of fused-ring (bicyclic) bond motifs is 1. The van der Waals surface area contributed by atoms with Crippen molar-refractivity contribution >= 4 is 21.4 Å². The largest absolute Gasteiger partial charge is 0.390 e. The van der Waals surface area contributed by atoms with E-state index in [1.807, 2.05) is 32.9 Å². The lowest BCUT2D eigenvalue weighted by molar-refractivity contribution is -0.0432. The second kappa shape index (κ2) is 5.00. The maximum atomic E-state index is 10.1. The fraction of sp³-hybridized carbons (Fsp3) is 0.467. The Labute approximate surface area is 112 Å². The van der Waals surface area contributed by atoms with Crippen molar-refractivity contribution < 1.29 is 10.2 Å². The molecule has 0 radical (unpaired) electrons. The maximum absolute atomic E-state index is 10.1. The molecule has 2 aromatic rings. The molecule has 0 fully saturated rings. The van der Waals surface area contributed by atoms with Gasteiger partial charge in [-0.3, -0.25) is 0 Å². The van der Waals surface area contributed by atoms with Gasteiger partial charge in [0, 0.05) is 11.1 Å². The van der Waals surface area contributed by atoms with E-state index in [4.69, 9.17) is 0 Å². The van der Waals surface area contributed by atoms with Gasteiger partial charge in [-0.05, 0) is 27.8 Å². The molecule has 0 saturated heterocycles. The van der Waals surface area contributed by atoms with E-state index in [9.17, 15) is 10.2 Å². The molecule has 2 atom stereocenters. The van der Waals surface area contributed by atoms with Gasteiger partial charge in [-0.25, -0.2) is 0 Å². The molecule has 0 spiro atoms. The van der Waals surface area contributed by atoms with E-state index in [1.54, 1.807) is 11.3 Å². The highest BCUT2D eigenvalue weighted by molar-refractivity contribution is 7.17. The van der Waals surface area contributed by atoms with Crippen molar-refractivity contribution in [1.29, 1.82) is 0 Å². The van der Waals surface area contributed by atoms with Crippen LogP contribution in [0.25, 0.3) is 10.1 Å². The summed E-state index contributed by atoms with van der Waals surface area (Å²) in [7, 11) is 0. The average Bonchev–Trinajstić information content (AvgIpc) is 2.70. The van der Waals surface area contributed by atoms with Crippen molar-refractivity contribution in [3.05, 3.63) is 35.2 Å². The van der Waals surface area contributed by atoms with Crippen LogP contribution in [0.5, 0.6) is 0 Å². The molecule has 0 aliphatic heterocycles. The number of aliphatic hydroxyl groups excluding tert-OH is 2. The first kappa shape index (κ1) is 13.5. The van der Waals surface area contributed by atoms with Gasteiger partial charge in [0.2, 0.25) is 0 Å². The fourth-order valence-electron chi connectivity index (χ4n) is 2.10. The van der Waals surface area contributed by atoms with E-state index in [1.165, 1.54) is 10.1 Å². The molecule has 2 N–H and O–H groups in total. The van der Waals surface area contributed by atoms with Gasteiger partial charge in [-0.1, -0.05) is 39.0 Å². The first-order chi connectivity index (χ1) is 8.39. The van der Waals surface area contributed by atoms with Crippen LogP contribution in [0, 0.1) is 5.41 Å². The third-order valence-corrected chi connectivity index (χ3v) is 4.25. The molecule has 98 valence electrons. The quantitative estimate of drug-likeness (QED) is 0.893. The molecule has 2 rings (SSSR count). The second-order valence-corrected chi connectivity index (χ2v) is 6.75. The number of hydrogen-bond acceptors (Lipinski definition) is 3. The van der Waals surface area contributed by atoms with E-state index in [0.29, 0.717) is 6.42 Å². The minimum Gasteiger partial charge on any atom is -0.390 e. The fourth-order valence-corrected chi connectivity index (χ4v) is 3.08. The zero-order valence-corrected chi connectivity index (χ0v) is 11.9. The van der Waals surface area contributed by atoms with Gasteiger partial charge >= 0.3 is 0 Å². The summed E-state index contributed by atoms with van der Waals surface area (Å²) in [5.74, 6) is 0. The van der Waals surface area contributed by atoms with Crippen LogP contribution < -0.4 is 0 Å². The van der Waals surface area contributed by atoms with Crippen LogP contribution in [0.1, 0.15) is 26.3 Å². The molecular weight excluding hydrogens is 244 g/mol. The molecule has 2 unspecified atom stereocenters. The zero-order valence-electron chi connectivity index (χ0n) is 11.1. The van der Waals surface area contributed by atoms with E-state index in [-0.39, 0.29) is 5.41 Å². The van der Waals surface area contributed by atoms with Crippen molar-refractivity contribution in [2.24, 2.45) is 5.41 Å². The second-order valence-electron chi connectivity index (χ2n) is 5.84. The number of thiophene rings is 1. The number of rotatable bonds is 3. The Bertz CT molecular complexity index is 525. The Morgan fingerprint density at radius 2 is 1.83 bits per heavy atom. The number of benzene rings is 1. The van der Waals surface area contributed by atoms with Crippen LogP contribution in [-0.2, 0) is 6.42 Å². The molecule has 3 heteroatoms. The van der Waals surface area contributed by atoms with Gasteiger partial charge in [0.15, 0.2) is 0 Å². The van der Waals surface area contributed by atoms with E-state index < -0.39 is 12.2 Å². The highest BCUT2D eigenvalue weighted by Gasteiger charge is 2.29. The van der Waals surface area contributed by atoms with Crippen molar-refractivity contribution in [2.75, 3.05) is 0 Å². The minimum absolute atomic E-state index is 0.300. The SMILES string of the molecule is CC(C)(C)C(O)C(O)Cc1csc2ccccc12. The normalized spacial score (nSPS) is 15.8. The van der Waals surface area contributed by atoms with E-state index in [0.717, 1.165) is 5.56 Å². The van der Waals surface area contributed by atoms with Gasteiger partial charge in [0.25, 0.3) is 0 Å². The lowest BCUT2D eigenvalue weighted by Crippen LogP contribution is -2.38. The highest BCUT2D eigenvalue weighted by atomic mass is 32.1. The summed E-state index contributed by atoms with van der Waals surface area (Å²) in [6.07, 6.45) is -0.929. The van der Waals surface area contributed by atoms with Gasteiger partial charge in [-0.2, -0.15) is 0 Å². The first-order valence-electron chi connectivity index (χ1n) is 6.21. The van der Waals surface area contributed by atoms with Crippen molar-refractivity contribution in [1.82, 2.24) is 0 Å². The molecule has 2 nitrogen and oxygen atoms in total. The molecule has 0 aliphatic carbocycles. The lowest BCUT2D eigenvalue weighted by atomic mass is 9.84. The molecular formula is C15H20O2S. The Morgan fingerprint density at radius 3 is 2.50 bits per heavy atom. The van der Waals surface area contributed by atoms with Crippen LogP contribution in [0.4, 0.5) is 0 Å². The van der Waals surface area contributed by atoms with Crippen LogP contribution in [0.2, 0.25) is 0 Å². The standard InChI is InChI=1S/C15H20O2S/c1-15(2,3)14(17)12(16)8-10-9-18-13-7-5-4-6-11(10)13/h4-7,9,12,14,16-17H,8H2,1-3H3. The third kappa shape index (κ3) is 2.74. The lowest BCUT2D eigenvalue weighted by Gasteiger charge is -2.29. The summed E-state index contributed by atoms with van der Waals surface area (Å²) < 4.78 is 1.23. The topological polar surface area (TPSA) is 40.5 Å².